The molecule has 2 rings (SSSR count). The Morgan fingerprint density at radius 1 is 1.29 bits per heavy atom. The van der Waals surface area contributed by atoms with E-state index < -0.39 is 0 Å². The van der Waals surface area contributed by atoms with Gasteiger partial charge in [-0.2, -0.15) is 0 Å². The average Bonchev–Trinajstić information content (AvgIpc) is 2.73. The van der Waals surface area contributed by atoms with E-state index in [4.69, 9.17) is 0 Å². The maximum absolute atomic E-state index is 12.2. The maximum Gasteiger partial charge on any atom is 0.240 e. The SMILES string of the molecule is Cc1cc2ccccc2n1CC(=O)NCC(C)(C)N(C)C. The van der Waals surface area contributed by atoms with Crippen molar-refractivity contribution < 1.29 is 4.79 Å². The molecule has 1 N–H and O–H groups in total. The number of para-hydroxylation sites is 1. The van der Waals surface area contributed by atoms with Crippen LogP contribution in [0.1, 0.15) is 19.5 Å². The molecule has 0 saturated carbocycles. The van der Waals surface area contributed by atoms with Crippen molar-refractivity contribution in [2.75, 3.05) is 20.6 Å². The van der Waals surface area contributed by atoms with Crippen molar-refractivity contribution in [3.05, 3.63) is 36.0 Å². The summed E-state index contributed by atoms with van der Waals surface area (Å²) in [7, 11) is 4.05. The highest BCUT2D eigenvalue weighted by Gasteiger charge is 2.21. The third-order valence-corrected chi connectivity index (χ3v) is 4.25. The largest absolute Gasteiger partial charge is 0.353 e. The van der Waals surface area contributed by atoms with Crippen molar-refractivity contribution in [2.24, 2.45) is 0 Å². The Morgan fingerprint density at radius 2 is 1.95 bits per heavy atom. The minimum Gasteiger partial charge on any atom is -0.353 e. The van der Waals surface area contributed by atoms with Gasteiger partial charge in [-0.25, -0.2) is 0 Å². The molecule has 114 valence electrons. The number of fused-ring (bicyclic) bond motifs is 1. The van der Waals surface area contributed by atoms with E-state index in [0.717, 1.165) is 11.2 Å². The van der Waals surface area contributed by atoms with E-state index in [-0.39, 0.29) is 11.4 Å². The first-order chi connectivity index (χ1) is 9.81. The predicted octanol–water partition coefficient (Wildman–Crippen LogP) is 2.41. The zero-order valence-corrected chi connectivity index (χ0v) is 13.6. The summed E-state index contributed by atoms with van der Waals surface area (Å²) in [5.74, 6) is 0.0504. The van der Waals surface area contributed by atoms with Crippen molar-refractivity contribution in [1.29, 1.82) is 0 Å². The van der Waals surface area contributed by atoms with Gasteiger partial charge in [0.2, 0.25) is 5.91 Å². The number of amides is 1. The lowest BCUT2D eigenvalue weighted by Gasteiger charge is -2.32. The molecular formula is C17H25N3O. The number of hydrogen-bond donors (Lipinski definition) is 1. The van der Waals surface area contributed by atoms with Crippen LogP contribution in [-0.4, -0.2) is 41.6 Å². The van der Waals surface area contributed by atoms with E-state index in [1.807, 2.05) is 33.2 Å². The summed E-state index contributed by atoms with van der Waals surface area (Å²) in [5.41, 5.74) is 2.17. The third kappa shape index (κ3) is 3.45. The first kappa shape index (κ1) is 15.6. The minimum atomic E-state index is -0.0521. The molecule has 0 atom stereocenters. The van der Waals surface area contributed by atoms with Gasteiger partial charge in [0.15, 0.2) is 0 Å². The summed E-state index contributed by atoms with van der Waals surface area (Å²) in [4.78, 5) is 14.3. The fraction of sp³-hybridized carbons (Fsp3) is 0.471. The van der Waals surface area contributed by atoms with Crippen LogP contribution in [0.5, 0.6) is 0 Å². The summed E-state index contributed by atoms with van der Waals surface area (Å²) in [6.07, 6.45) is 0. The molecule has 0 bridgehead atoms. The van der Waals surface area contributed by atoms with Crippen LogP contribution in [0, 0.1) is 6.92 Å². The highest BCUT2D eigenvalue weighted by atomic mass is 16.1. The molecule has 1 heterocycles. The van der Waals surface area contributed by atoms with E-state index in [1.165, 1.54) is 5.39 Å². The van der Waals surface area contributed by atoms with Crippen LogP contribution < -0.4 is 5.32 Å². The molecule has 4 heteroatoms. The van der Waals surface area contributed by atoms with Gasteiger partial charge in [-0.3, -0.25) is 4.79 Å². The van der Waals surface area contributed by atoms with Crippen LogP contribution in [0.4, 0.5) is 0 Å². The van der Waals surface area contributed by atoms with Crippen molar-refractivity contribution in [2.45, 2.75) is 32.9 Å². The second-order valence-corrected chi connectivity index (χ2v) is 6.41. The molecule has 0 saturated heterocycles. The number of nitrogens with one attached hydrogen (secondary N) is 1. The van der Waals surface area contributed by atoms with Crippen LogP contribution in [0.2, 0.25) is 0 Å². The van der Waals surface area contributed by atoms with E-state index in [1.54, 1.807) is 0 Å². The van der Waals surface area contributed by atoms with Crippen molar-refractivity contribution in [3.63, 3.8) is 0 Å². The van der Waals surface area contributed by atoms with E-state index in [2.05, 4.69) is 46.8 Å². The van der Waals surface area contributed by atoms with Gasteiger partial charge in [0.05, 0.1) is 0 Å². The zero-order valence-electron chi connectivity index (χ0n) is 13.6. The summed E-state index contributed by atoms with van der Waals surface area (Å²) in [5, 5.41) is 4.21. The Morgan fingerprint density at radius 3 is 2.62 bits per heavy atom. The Balaban J connectivity index is 2.07. The number of aromatic nitrogens is 1. The van der Waals surface area contributed by atoms with Crippen LogP contribution in [0.15, 0.2) is 30.3 Å². The standard InChI is InChI=1S/C17H25N3O/c1-13-10-14-8-6-7-9-15(14)20(13)11-16(21)18-12-17(2,3)19(4)5/h6-10H,11-12H2,1-5H3,(H,18,21). The molecule has 21 heavy (non-hydrogen) atoms. The average molecular weight is 287 g/mol. The molecule has 0 aliphatic heterocycles. The smallest absolute Gasteiger partial charge is 0.240 e. The molecule has 0 spiro atoms. The lowest BCUT2D eigenvalue weighted by atomic mass is 10.0. The van der Waals surface area contributed by atoms with Crippen LogP contribution in [0.25, 0.3) is 10.9 Å². The van der Waals surface area contributed by atoms with Gasteiger partial charge in [0.1, 0.15) is 6.54 Å². The summed E-state index contributed by atoms with van der Waals surface area (Å²) in [6.45, 7) is 7.27. The molecular weight excluding hydrogens is 262 g/mol. The molecule has 0 fully saturated rings. The first-order valence-electron chi connectivity index (χ1n) is 7.30. The fourth-order valence-electron chi connectivity index (χ4n) is 2.23. The van der Waals surface area contributed by atoms with Gasteiger partial charge in [0, 0.05) is 23.3 Å². The predicted molar refractivity (Wildman–Crippen MR) is 87.5 cm³/mol. The van der Waals surface area contributed by atoms with Gasteiger partial charge < -0.3 is 14.8 Å². The quantitative estimate of drug-likeness (QED) is 0.917. The number of benzene rings is 1. The Hall–Kier alpha value is -1.81. The second kappa shape index (κ2) is 5.90. The summed E-state index contributed by atoms with van der Waals surface area (Å²) >= 11 is 0. The zero-order chi connectivity index (χ0) is 15.6. The highest BCUT2D eigenvalue weighted by molar-refractivity contribution is 5.84. The molecule has 0 radical (unpaired) electrons. The minimum absolute atomic E-state index is 0.0504. The van der Waals surface area contributed by atoms with E-state index in [0.29, 0.717) is 13.1 Å². The number of aryl methyl sites for hydroxylation is 1. The highest BCUT2D eigenvalue weighted by Crippen LogP contribution is 2.18. The van der Waals surface area contributed by atoms with Gasteiger partial charge in [-0.15, -0.1) is 0 Å². The Kier molecular flexibility index (Phi) is 4.37. The lowest BCUT2D eigenvalue weighted by Crippen LogP contribution is -2.48. The molecule has 2 aromatic rings. The summed E-state index contributed by atoms with van der Waals surface area (Å²) in [6, 6.07) is 10.3. The van der Waals surface area contributed by atoms with Crippen LogP contribution in [-0.2, 0) is 11.3 Å². The van der Waals surface area contributed by atoms with Gasteiger partial charge >= 0.3 is 0 Å². The Labute approximate surface area is 126 Å². The van der Waals surface area contributed by atoms with Crippen LogP contribution >= 0.6 is 0 Å². The third-order valence-electron chi connectivity index (χ3n) is 4.25. The van der Waals surface area contributed by atoms with Crippen LogP contribution in [0.3, 0.4) is 0 Å². The fourth-order valence-corrected chi connectivity index (χ4v) is 2.23. The number of carbonyl (C=O) groups excluding carboxylic acids is 1. The molecule has 0 aliphatic carbocycles. The molecule has 1 amide bonds. The van der Waals surface area contributed by atoms with E-state index >= 15 is 0 Å². The number of nitrogens with zero attached hydrogens (tertiary/aromatic N) is 2. The van der Waals surface area contributed by atoms with Gasteiger partial charge in [-0.1, -0.05) is 18.2 Å². The van der Waals surface area contributed by atoms with Crippen molar-refractivity contribution >= 4 is 16.8 Å². The Bertz CT molecular complexity index is 641. The summed E-state index contributed by atoms with van der Waals surface area (Å²) < 4.78 is 2.06. The number of carbonyl (C=O) groups is 1. The van der Waals surface area contributed by atoms with Gasteiger partial charge in [0.25, 0.3) is 0 Å². The monoisotopic (exact) mass is 287 g/mol. The van der Waals surface area contributed by atoms with E-state index in [9.17, 15) is 4.79 Å². The van der Waals surface area contributed by atoms with Crippen molar-refractivity contribution in [1.82, 2.24) is 14.8 Å². The number of rotatable bonds is 5. The molecule has 4 nitrogen and oxygen atoms in total. The van der Waals surface area contributed by atoms with Crippen molar-refractivity contribution in [3.8, 4) is 0 Å². The number of hydrogen-bond acceptors (Lipinski definition) is 2. The van der Waals surface area contributed by atoms with Gasteiger partial charge in [-0.05, 0) is 52.4 Å². The molecule has 0 unspecified atom stereocenters. The number of likely N-dealkylation sites (N-methyl/N-ethyl adjacent to an activating group) is 1. The molecule has 0 aliphatic rings. The first-order valence-corrected chi connectivity index (χ1v) is 7.30. The lowest BCUT2D eigenvalue weighted by molar-refractivity contribution is -0.122. The topological polar surface area (TPSA) is 37.3 Å². The molecule has 1 aromatic heterocycles. The maximum atomic E-state index is 12.2. The second-order valence-electron chi connectivity index (χ2n) is 6.41. The molecule has 1 aromatic carbocycles. The normalized spacial score (nSPS) is 12.1.